The third kappa shape index (κ3) is 6.16. The second kappa shape index (κ2) is 7.68. The quantitative estimate of drug-likeness (QED) is 0.680. The highest BCUT2D eigenvalue weighted by Gasteiger charge is 2.25. The van der Waals surface area contributed by atoms with Crippen LogP contribution in [0.5, 0.6) is 0 Å². The van der Waals surface area contributed by atoms with Crippen LogP contribution < -0.4 is 10.6 Å². The average Bonchev–Trinajstić information content (AvgIpc) is 2.42. The summed E-state index contributed by atoms with van der Waals surface area (Å²) in [6, 6.07) is 5.29. The molecule has 0 heterocycles. The molecule has 0 aliphatic heterocycles. The molecule has 1 aliphatic carbocycles. The van der Waals surface area contributed by atoms with E-state index in [-0.39, 0.29) is 18.0 Å². The van der Waals surface area contributed by atoms with E-state index in [0.717, 1.165) is 34.9 Å². The van der Waals surface area contributed by atoms with E-state index in [1.807, 2.05) is 20.8 Å². The topological polar surface area (TPSA) is 50.4 Å². The van der Waals surface area contributed by atoms with Gasteiger partial charge >= 0.3 is 6.09 Å². The van der Waals surface area contributed by atoms with Crippen LogP contribution in [0.25, 0.3) is 0 Å². The van der Waals surface area contributed by atoms with Gasteiger partial charge in [0.15, 0.2) is 0 Å². The van der Waals surface area contributed by atoms with E-state index < -0.39 is 5.60 Å². The number of nitrogens with one attached hydrogen (secondary N) is 2. The van der Waals surface area contributed by atoms with Crippen molar-refractivity contribution in [2.75, 3.05) is 5.32 Å². The van der Waals surface area contributed by atoms with Crippen molar-refractivity contribution in [1.29, 1.82) is 0 Å². The van der Waals surface area contributed by atoms with Crippen LogP contribution in [-0.4, -0.2) is 23.8 Å². The third-order valence-electron chi connectivity index (χ3n) is 3.74. The fourth-order valence-corrected chi connectivity index (χ4v) is 3.32. The van der Waals surface area contributed by atoms with Crippen LogP contribution in [0.3, 0.4) is 0 Å². The zero-order chi connectivity index (χ0) is 17.0. The molecule has 6 heteroatoms. The highest BCUT2D eigenvalue weighted by molar-refractivity contribution is 14.1. The standard InChI is InChI=1S/C17H24FIN2O2/c1-17(2,3)23-16(22)21-13-7-5-12(6-8-13)20-15-9-4-11(18)10-14(15)19/h4,9-10,12-13,20H,5-8H2,1-3H3,(H,21,22). The molecule has 23 heavy (non-hydrogen) atoms. The molecule has 4 nitrogen and oxygen atoms in total. The molecule has 0 spiro atoms. The first kappa shape index (κ1) is 18.3. The summed E-state index contributed by atoms with van der Waals surface area (Å²) in [6.45, 7) is 5.58. The molecular weight excluding hydrogens is 410 g/mol. The molecule has 0 unspecified atom stereocenters. The summed E-state index contributed by atoms with van der Waals surface area (Å²) in [7, 11) is 0. The number of carbonyl (C=O) groups excluding carboxylic acids is 1. The third-order valence-corrected chi connectivity index (χ3v) is 4.63. The molecule has 1 aromatic rings. The minimum absolute atomic E-state index is 0.162. The Morgan fingerprint density at radius 3 is 2.39 bits per heavy atom. The lowest BCUT2D eigenvalue weighted by Gasteiger charge is -2.31. The molecule has 1 aromatic carbocycles. The summed E-state index contributed by atoms with van der Waals surface area (Å²) in [6.07, 6.45) is 3.41. The predicted octanol–water partition coefficient (Wildman–Crippen LogP) is 4.68. The molecule has 1 aliphatic rings. The summed E-state index contributed by atoms with van der Waals surface area (Å²) in [4.78, 5) is 11.8. The molecular formula is C17H24FIN2O2. The fourth-order valence-electron chi connectivity index (χ4n) is 2.68. The molecule has 1 amide bonds. The van der Waals surface area contributed by atoms with Gasteiger partial charge in [-0.3, -0.25) is 0 Å². The van der Waals surface area contributed by atoms with Gasteiger partial charge in [0, 0.05) is 21.3 Å². The Labute approximate surface area is 150 Å². The summed E-state index contributed by atoms with van der Waals surface area (Å²) in [5.74, 6) is -0.217. The number of alkyl carbamates (subject to hydrolysis) is 1. The number of anilines is 1. The lowest BCUT2D eigenvalue weighted by Crippen LogP contribution is -2.42. The number of amides is 1. The Morgan fingerprint density at radius 2 is 1.83 bits per heavy atom. The van der Waals surface area contributed by atoms with Crippen LogP contribution in [-0.2, 0) is 4.74 Å². The zero-order valence-corrected chi connectivity index (χ0v) is 15.9. The van der Waals surface area contributed by atoms with Crippen LogP contribution in [0.15, 0.2) is 18.2 Å². The average molecular weight is 434 g/mol. The van der Waals surface area contributed by atoms with Gasteiger partial charge in [-0.2, -0.15) is 0 Å². The van der Waals surface area contributed by atoms with E-state index in [1.54, 1.807) is 6.07 Å². The molecule has 128 valence electrons. The molecule has 0 aromatic heterocycles. The first-order valence-corrected chi connectivity index (χ1v) is 9.02. The first-order valence-electron chi connectivity index (χ1n) is 7.94. The van der Waals surface area contributed by atoms with Gasteiger partial charge in [0.1, 0.15) is 11.4 Å². The molecule has 0 saturated heterocycles. The van der Waals surface area contributed by atoms with Crippen molar-refractivity contribution < 1.29 is 13.9 Å². The predicted molar refractivity (Wildman–Crippen MR) is 98.2 cm³/mol. The molecule has 1 fully saturated rings. The van der Waals surface area contributed by atoms with Crippen molar-refractivity contribution in [2.45, 2.75) is 64.1 Å². The lowest BCUT2D eigenvalue weighted by molar-refractivity contribution is 0.0492. The minimum atomic E-state index is -0.470. The van der Waals surface area contributed by atoms with Crippen LogP contribution in [0.4, 0.5) is 14.9 Å². The maximum Gasteiger partial charge on any atom is 0.407 e. The number of carbonyl (C=O) groups is 1. The van der Waals surface area contributed by atoms with E-state index in [1.165, 1.54) is 12.1 Å². The summed E-state index contributed by atoms with van der Waals surface area (Å²) in [5.41, 5.74) is 0.498. The maximum atomic E-state index is 13.1. The van der Waals surface area contributed by atoms with Crippen molar-refractivity contribution >= 4 is 34.4 Å². The highest BCUT2D eigenvalue weighted by Crippen LogP contribution is 2.26. The Morgan fingerprint density at radius 1 is 1.22 bits per heavy atom. The van der Waals surface area contributed by atoms with E-state index in [9.17, 15) is 9.18 Å². The van der Waals surface area contributed by atoms with Gasteiger partial charge in [-0.1, -0.05) is 0 Å². The van der Waals surface area contributed by atoms with Gasteiger partial charge in [0.05, 0.1) is 0 Å². The number of rotatable bonds is 3. The van der Waals surface area contributed by atoms with Gasteiger partial charge in [0.25, 0.3) is 0 Å². The van der Waals surface area contributed by atoms with E-state index in [0.29, 0.717) is 6.04 Å². The van der Waals surface area contributed by atoms with Gasteiger partial charge in [-0.25, -0.2) is 9.18 Å². The maximum absolute atomic E-state index is 13.1. The van der Waals surface area contributed by atoms with Gasteiger partial charge in [-0.05, 0) is 87.2 Å². The Kier molecular flexibility index (Phi) is 6.11. The number of hydrogen-bond acceptors (Lipinski definition) is 3. The smallest absolute Gasteiger partial charge is 0.407 e. The van der Waals surface area contributed by atoms with E-state index in [4.69, 9.17) is 4.74 Å². The van der Waals surface area contributed by atoms with Gasteiger partial charge in [0.2, 0.25) is 0 Å². The second-order valence-corrected chi connectivity index (χ2v) is 8.13. The van der Waals surface area contributed by atoms with Crippen molar-refractivity contribution in [1.82, 2.24) is 5.32 Å². The van der Waals surface area contributed by atoms with E-state index >= 15 is 0 Å². The van der Waals surface area contributed by atoms with Crippen molar-refractivity contribution in [3.8, 4) is 0 Å². The van der Waals surface area contributed by atoms with Crippen molar-refractivity contribution in [3.63, 3.8) is 0 Å². The molecule has 2 N–H and O–H groups in total. The molecule has 2 rings (SSSR count). The number of hydrogen-bond donors (Lipinski definition) is 2. The largest absolute Gasteiger partial charge is 0.444 e. The fraction of sp³-hybridized carbons (Fsp3) is 0.588. The Bertz CT molecular complexity index is 552. The van der Waals surface area contributed by atoms with E-state index in [2.05, 4.69) is 33.2 Å². The summed E-state index contributed by atoms with van der Waals surface area (Å²) in [5, 5.41) is 6.41. The monoisotopic (exact) mass is 434 g/mol. The number of ether oxygens (including phenoxy) is 1. The molecule has 0 atom stereocenters. The first-order chi connectivity index (χ1) is 10.7. The lowest BCUT2D eigenvalue weighted by atomic mass is 9.91. The molecule has 0 bridgehead atoms. The number of halogens is 2. The Balaban J connectivity index is 1.79. The summed E-state index contributed by atoms with van der Waals surface area (Å²) < 4.78 is 19.3. The van der Waals surface area contributed by atoms with Gasteiger partial charge in [-0.15, -0.1) is 0 Å². The highest BCUT2D eigenvalue weighted by atomic mass is 127. The summed E-state index contributed by atoms with van der Waals surface area (Å²) >= 11 is 2.14. The molecule has 1 saturated carbocycles. The van der Waals surface area contributed by atoms with Gasteiger partial charge < -0.3 is 15.4 Å². The number of benzene rings is 1. The van der Waals surface area contributed by atoms with Crippen molar-refractivity contribution in [2.24, 2.45) is 0 Å². The second-order valence-electron chi connectivity index (χ2n) is 6.96. The SMILES string of the molecule is CC(C)(C)OC(=O)NC1CCC(Nc2ccc(F)cc2I)CC1. The van der Waals surface area contributed by atoms with Crippen LogP contribution in [0, 0.1) is 9.39 Å². The van der Waals surface area contributed by atoms with Crippen LogP contribution in [0.2, 0.25) is 0 Å². The molecule has 0 radical (unpaired) electrons. The zero-order valence-electron chi connectivity index (χ0n) is 13.8. The van der Waals surface area contributed by atoms with Crippen LogP contribution >= 0.6 is 22.6 Å². The Hall–Kier alpha value is -1.05. The minimum Gasteiger partial charge on any atom is -0.444 e. The van der Waals surface area contributed by atoms with Crippen LogP contribution in [0.1, 0.15) is 46.5 Å². The normalized spacial score (nSPS) is 21.6. The van der Waals surface area contributed by atoms with Crippen molar-refractivity contribution in [3.05, 3.63) is 27.6 Å².